The van der Waals surface area contributed by atoms with Gasteiger partial charge < -0.3 is 5.11 Å². The van der Waals surface area contributed by atoms with Crippen molar-refractivity contribution in [3.05, 3.63) is 42.0 Å². The van der Waals surface area contributed by atoms with Crippen LogP contribution in [0.1, 0.15) is 12.5 Å². The molecule has 2 N–H and O–H groups in total. The molecule has 0 radical (unpaired) electrons. The Labute approximate surface area is 98.6 Å². The molecule has 0 atom stereocenters. The van der Waals surface area contributed by atoms with Crippen LogP contribution in [0.3, 0.4) is 0 Å². The van der Waals surface area contributed by atoms with Crippen LogP contribution < -0.4 is 5.43 Å². The van der Waals surface area contributed by atoms with Gasteiger partial charge in [0.2, 0.25) is 5.91 Å². The van der Waals surface area contributed by atoms with Crippen molar-refractivity contribution in [1.82, 2.24) is 5.43 Å². The fourth-order valence-corrected chi connectivity index (χ4v) is 1.65. The van der Waals surface area contributed by atoms with Crippen molar-refractivity contribution < 1.29 is 9.90 Å². The molecule has 2 aromatic rings. The number of carbonyl (C=O) groups is 1. The topological polar surface area (TPSA) is 61.7 Å². The summed E-state index contributed by atoms with van der Waals surface area (Å²) in [6.07, 6.45) is 1.52. The van der Waals surface area contributed by atoms with Gasteiger partial charge in [-0.05, 0) is 11.5 Å². The van der Waals surface area contributed by atoms with Crippen LogP contribution in [0.25, 0.3) is 10.8 Å². The van der Waals surface area contributed by atoms with Gasteiger partial charge in [-0.15, -0.1) is 0 Å². The summed E-state index contributed by atoms with van der Waals surface area (Å²) < 4.78 is 0. The molecule has 4 nitrogen and oxygen atoms in total. The number of fused-ring (bicyclic) bond motifs is 1. The Kier molecular flexibility index (Phi) is 3.05. The lowest BCUT2D eigenvalue weighted by Gasteiger charge is -2.03. The van der Waals surface area contributed by atoms with Gasteiger partial charge in [0.15, 0.2) is 0 Å². The minimum absolute atomic E-state index is 0.201. The molecule has 0 aromatic heterocycles. The first kappa shape index (κ1) is 11.1. The van der Waals surface area contributed by atoms with E-state index in [4.69, 9.17) is 0 Å². The van der Waals surface area contributed by atoms with E-state index < -0.39 is 0 Å². The predicted molar refractivity (Wildman–Crippen MR) is 67.0 cm³/mol. The van der Waals surface area contributed by atoms with Gasteiger partial charge >= 0.3 is 0 Å². The highest BCUT2D eigenvalue weighted by Gasteiger charge is 2.03. The summed E-state index contributed by atoms with van der Waals surface area (Å²) in [5.74, 6) is -0.0296. The lowest BCUT2D eigenvalue weighted by molar-refractivity contribution is -0.118. The molecule has 0 aliphatic rings. The number of aromatic hydroxyl groups is 1. The molecule has 0 saturated carbocycles. The molecule has 4 heteroatoms. The highest BCUT2D eigenvalue weighted by molar-refractivity contribution is 6.03. The van der Waals surface area contributed by atoms with Gasteiger partial charge in [-0.25, -0.2) is 5.43 Å². The predicted octanol–water partition coefficient (Wildman–Crippen LogP) is 2.02. The quantitative estimate of drug-likeness (QED) is 0.610. The number of phenols is 1. The van der Waals surface area contributed by atoms with E-state index in [1.54, 1.807) is 12.1 Å². The van der Waals surface area contributed by atoms with Gasteiger partial charge in [0, 0.05) is 17.9 Å². The van der Waals surface area contributed by atoms with Crippen LogP contribution >= 0.6 is 0 Å². The van der Waals surface area contributed by atoms with Gasteiger partial charge in [-0.2, -0.15) is 5.10 Å². The van der Waals surface area contributed by atoms with Gasteiger partial charge in [0.05, 0.1) is 6.21 Å². The summed E-state index contributed by atoms with van der Waals surface area (Å²) in [5.41, 5.74) is 3.09. The molecule has 86 valence electrons. The maximum absolute atomic E-state index is 10.7. The maximum Gasteiger partial charge on any atom is 0.236 e. The van der Waals surface area contributed by atoms with Crippen LogP contribution in [0.4, 0.5) is 0 Å². The highest BCUT2D eigenvalue weighted by atomic mass is 16.3. The van der Waals surface area contributed by atoms with Gasteiger partial charge in [-0.3, -0.25) is 4.79 Å². The average Bonchev–Trinajstić information content (AvgIpc) is 2.29. The van der Waals surface area contributed by atoms with E-state index in [-0.39, 0.29) is 11.7 Å². The van der Waals surface area contributed by atoms with Crippen molar-refractivity contribution in [3.63, 3.8) is 0 Å². The molecule has 0 unspecified atom stereocenters. The summed E-state index contributed by atoms with van der Waals surface area (Å²) in [6.45, 7) is 1.39. The number of hydrogen-bond acceptors (Lipinski definition) is 3. The smallest absolute Gasteiger partial charge is 0.236 e. The minimum Gasteiger partial charge on any atom is -0.507 e. The van der Waals surface area contributed by atoms with E-state index in [9.17, 15) is 9.90 Å². The van der Waals surface area contributed by atoms with Crippen molar-refractivity contribution in [2.24, 2.45) is 5.10 Å². The van der Waals surface area contributed by atoms with Crippen LogP contribution in [0.5, 0.6) is 5.75 Å². The first-order valence-corrected chi connectivity index (χ1v) is 5.19. The van der Waals surface area contributed by atoms with Crippen LogP contribution in [-0.4, -0.2) is 17.2 Å². The zero-order valence-corrected chi connectivity index (χ0v) is 9.34. The second kappa shape index (κ2) is 4.65. The number of hydrazone groups is 1. The van der Waals surface area contributed by atoms with E-state index in [2.05, 4.69) is 10.5 Å². The molecule has 0 aliphatic carbocycles. The summed E-state index contributed by atoms with van der Waals surface area (Å²) >= 11 is 0. The van der Waals surface area contributed by atoms with Crippen molar-refractivity contribution >= 4 is 22.9 Å². The van der Waals surface area contributed by atoms with E-state index in [1.807, 2.05) is 24.3 Å². The lowest BCUT2D eigenvalue weighted by Crippen LogP contribution is -2.12. The molecule has 2 aromatic carbocycles. The summed E-state index contributed by atoms with van der Waals surface area (Å²) in [4.78, 5) is 10.7. The number of phenolic OH excluding ortho intramolecular Hbond substituents is 1. The Morgan fingerprint density at radius 1 is 1.29 bits per heavy atom. The Balaban J connectivity index is 2.47. The molecule has 0 bridgehead atoms. The minimum atomic E-state index is -0.231. The second-order valence-corrected chi connectivity index (χ2v) is 3.65. The second-order valence-electron chi connectivity index (χ2n) is 3.65. The van der Waals surface area contributed by atoms with Gasteiger partial charge in [0.25, 0.3) is 0 Å². The number of nitrogens with one attached hydrogen (secondary N) is 1. The molecule has 0 fully saturated rings. The standard InChI is InChI=1S/C13H12N2O2/c1-9(16)15-14-8-11-6-2-4-10-5-3-7-12(17)13(10)11/h2-8,17H,1H3,(H,15,16). The molecule has 17 heavy (non-hydrogen) atoms. The van der Waals surface area contributed by atoms with Gasteiger partial charge in [0.1, 0.15) is 5.75 Å². The molecule has 1 amide bonds. The number of nitrogens with zero attached hydrogens (tertiary/aromatic N) is 1. The zero-order chi connectivity index (χ0) is 12.3. The SMILES string of the molecule is CC(=O)NN=Cc1cccc2cccc(O)c12. The third-order valence-corrected chi connectivity index (χ3v) is 2.34. The van der Waals surface area contributed by atoms with Crippen LogP contribution in [-0.2, 0) is 4.79 Å². The first-order chi connectivity index (χ1) is 8.18. The number of rotatable bonds is 2. The molecular formula is C13H12N2O2. The van der Waals surface area contributed by atoms with E-state index >= 15 is 0 Å². The molecule has 0 saturated heterocycles. The fraction of sp³-hybridized carbons (Fsp3) is 0.0769. The van der Waals surface area contributed by atoms with Crippen molar-refractivity contribution in [1.29, 1.82) is 0 Å². The lowest BCUT2D eigenvalue weighted by atomic mass is 10.0. The third-order valence-electron chi connectivity index (χ3n) is 2.34. The number of benzene rings is 2. The maximum atomic E-state index is 10.7. The Morgan fingerprint density at radius 2 is 2.00 bits per heavy atom. The summed E-state index contributed by atoms with van der Waals surface area (Å²) in [6, 6.07) is 10.9. The Hall–Kier alpha value is -2.36. The third kappa shape index (κ3) is 2.42. The van der Waals surface area contributed by atoms with E-state index in [1.165, 1.54) is 13.1 Å². The number of hydrogen-bond donors (Lipinski definition) is 2. The molecule has 0 aliphatic heterocycles. The number of carbonyl (C=O) groups excluding carboxylic acids is 1. The largest absolute Gasteiger partial charge is 0.507 e. The molecule has 0 spiro atoms. The fourth-order valence-electron chi connectivity index (χ4n) is 1.65. The normalized spacial score (nSPS) is 10.9. The average molecular weight is 228 g/mol. The summed E-state index contributed by atoms with van der Waals surface area (Å²) in [5, 5.41) is 15.3. The van der Waals surface area contributed by atoms with Gasteiger partial charge in [-0.1, -0.05) is 30.3 Å². The highest BCUT2D eigenvalue weighted by Crippen LogP contribution is 2.26. The molecule has 2 rings (SSSR count). The molecular weight excluding hydrogens is 216 g/mol. The van der Waals surface area contributed by atoms with E-state index in [0.29, 0.717) is 0 Å². The molecule has 0 heterocycles. The van der Waals surface area contributed by atoms with Crippen molar-refractivity contribution in [3.8, 4) is 5.75 Å². The van der Waals surface area contributed by atoms with Crippen LogP contribution in [0.15, 0.2) is 41.5 Å². The Bertz CT molecular complexity index is 586. The summed E-state index contributed by atoms with van der Waals surface area (Å²) in [7, 11) is 0. The monoisotopic (exact) mass is 228 g/mol. The van der Waals surface area contributed by atoms with E-state index in [0.717, 1.165) is 16.3 Å². The van der Waals surface area contributed by atoms with Crippen LogP contribution in [0, 0.1) is 0 Å². The zero-order valence-electron chi connectivity index (χ0n) is 9.34. The van der Waals surface area contributed by atoms with Crippen molar-refractivity contribution in [2.45, 2.75) is 6.92 Å². The van der Waals surface area contributed by atoms with Crippen LogP contribution in [0.2, 0.25) is 0 Å². The first-order valence-electron chi connectivity index (χ1n) is 5.19. The van der Waals surface area contributed by atoms with Crippen molar-refractivity contribution in [2.75, 3.05) is 0 Å². The Morgan fingerprint density at radius 3 is 2.71 bits per heavy atom. The number of amides is 1.